The zero-order chi connectivity index (χ0) is 15.9. The summed E-state index contributed by atoms with van der Waals surface area (Å²) >= 11 is 0. The Labute approximate surface area is 123 Å². The highest BCUT2D eigenvalue weighted by atomic mass is 19.4. The molecule has 1 fully saturated rings. The predicted molar refractivity (Wildman–Crippen MR) is 70.1 cm³/mol. The molecule has 3 heterocycles. The maximum absolute atomic E-state index is 12.9. The number of hydrogen-bond donors (Lipinski definition) is 1. The van der Waals surface area contributed by atoms with Crippen LogP contribution >= 0.6 is 0 Å². The molecule has 118 valence electrons. The van der Waals surface area contributed by atoms with Crippen LogP contribution in [0.15, 0.2) is 12.4 Å². The molecule has 2 aromatic heterocycles. The molecule has 1 unspecified atom stereocenters. The van der Waals surface area contributed by atoms with Crippen molar-refractivity contribution < 1.29 is 18.0 Å². The fourth-order valence-electron chi connectivity index (χ4n) is 2.40. The first-order chi connectivity index (χ1) is 10.4. The molecular formula is C12H13F3N6O. The first-order valence-electron chi connectivity index (χ1n) is 6.66. The average Bonchev–Trinajstić information content (AvgIpc) is 2.91. The average molecular weight is 314 g/mol. The Morgan fingerprint density at radius 2 is 2.18 bits per heavy atom. The number of anilines is 1. The van der Waals surface area contributed by atoms with Gasteiger partial charge in [0.2, 0.25) is 5.91 Å². The zero-order valence-electron chi connectivity index (χ0n) is 11.6. The fourth-order valence-corrected chi connectivity index (χ4v) is 2.40. The molecule has 1 saturated heterocycles. The van der Waals surface area contributed by atoms with Crippen molar-refractivity contribution in [1.29, 1.82) is 0 Å². The Hall–Kier alpha value is -2.39. The molecule has 1 N–H and O–H groups in total. The number of nitrogens with one attached hydrogen (secondary N) is 1. The molecule has 0 spiro atoms. The van der Waals surface area contributed by atoms with Crippen molar-refractivity contribution in [1.82, 2.24) is 24.5 Å². The molecule has 1 aliphatic rings. The summed E-state index contributed by atoms with van der Waals surface area (Å²) in [6.07, 6.45) is -2.17. The van der Waals surface area contributed by atoms with Gasteiger partial charge < -0.3 is 10.2 Å². The minimum atomic E-state index is -4.60. The lowest BCUT2D eigenvalue weighted by Gasteiger charge is -2.30. The summed E-state index contributed by atoms with van der Waals surface area (Å²) in [6, 6.07) is 0.249. The quantitative estimate of drug-likeness (QED) is 0.901. The van der Waals surface area contributed by atoms with Crippen LogP contribution in [0, 0.1) is 0 Å². The van der Waals surface area contributed by atoms with Gasteiger partial charge >= 0.3 is 6.18 Å². The minimum absolute atomic E-state index is 0.0449. The van der Waals surface area contributed by atoms with Gasteiger partial charge in [-0.05, 0) is 12.8 Å². The number of piperidine rings is 1. The molecule has 0 saturated carbocycles. The summed E-state index contributed by atoms with van der Waals surface area (Å²) < 4.78 is 39.8. The van der Waals surface area contributed by atoms with Gasteiger partial charge in [-0.3, -0.25) is 4.79 Å². The fraction of sp³-hybridized carbons (Fsp3) is 0.500. The van der Waals surface area contributed by atoms with Crippen LogP contribution in [0.3, 0.4) is 0 Å². The van der Waals surface area contributed by atoms with Crippen LogP contribution in [0.4, 0.5) is 19.0 Å². The van der Waals surface area contributed by atoms with E-state index in [0.717, 1.165) is 23.3 Å². The van der Waals surface area contributed by atoms with E-state index in [1.807, 2.05) is 0 Å². The highest BCUT2D eigenvalue weighted by Gasteiger charge is 2.35. The number of amides is 1. The van der Waals surface area contributed by atoms with Crippen LogP contribution in [0.5, 0.6) is 0 Å². The Morgan fingerprint density at radius 1 is 1.41 bits per heavy atom. The van der Waals surface area contributed by atoms with Gasteiger partial charge in [0.25, 0.3) is 5.78 Å². The van der Waals surface area contributed by atoms with Gasteiger partial charge in [-0.15, -0.1) is 0 Å². The number of carbonyl (C=O) groups excluding carboxylic acids is 1. The van der Waals surface area contributed by atoms with Crippen molar-refractivity contribution in [2.45, 2.75) is 25.1 Å². The molecule has 1 atom stereocenters. The van der Waals surface area contributed by atoms with E-state index in [1.165, 1.54) is 0 Å². The van der Waals surface area contributed by atoms with Gasteiger partial charge in [0.1, 0.15) is 18.2 Å². The Bertz CT molecular complexity index is 712. The van der Waals surface area contributed by atoms with Gasteiger partial charge in [-0.25, -0.2) is 4.98 Å². The number of hydrogen-bond acceptors (Lipinski definition) is 5. The van der Waals surface area contributed by atoms with Crippen LogP contribution in [0.25, 0.3) is 5.78 Å². The molecule has 10 heteroatoms. The molecule has 0 bridgehead atoms. The lowest BCUT2D eigenvalue weighted by atomic mass is 10.1. The summed E-state index contributed by atoms with van der Waals surface area (Å²) in [5.41, 5.74) is -1.08. The van der Waals surface area contributed by atoms with E-state index in [0.29, 0.717) is 13.0 Å². The third-order valence-electron chi connectivity index (χ3n) is 3.53. The highest BCUT2D eigenvalue weighted by molar-refractivity contribution is 5.85. The summed E-state index contributed by atoms with van der Waals surface area (Å²) in [4.78, 5) is 20.7. The van der Waals surface area contributed by atoms with Crippen LogP contribution in [0.2, 0.25) is 0 Å². The van der Waals surface area contributed by atoms with Crippen molar-refractivity contribution in [2.24, 2.45) is 0 Å². The van der Waals surface area contributed by atoms with E-state index in [-0.39, 0.29) is 17.5 Å². The highest BCUT2D eigenvalue weighted by Crippen LogP contribution is 2.30. The number of likely N-dealkylation sites (tertiary alicyclic amines) is 1. The lowest BCUT2D eigenvalue weighted by Crippen LogP contribution is -2.45. The number of fused-ring (bicyclic) bond motifs is 1. The Balaban J connectivity index is 1.99. The Kier molecular flexibility index (Phi) is 3.38. The van der Waals surface area contributed by atoms with Gasteiger partial charge in [0.15, 0.2) is 5.69 Å². The van der Waals surface area contributed by atoms with Crippen LogP contribution < -0.4 is 5.32 Å². The van der Waals surface area contributed by atoms with Gasteiger partial charge in [0.05, 0.1) is 0 Å². The second kappa shape index (κ2) is 5.11. The molecule has 7 nitrogen and oxygen atoms in total. The van der Waals surface area contributed by atoms with Crippen LogP contribution in [0.1, 0.15) is 18.5 Å². The third kappa shape index (κ3) is 2.55. The monoisotopic (exact) mass is 314 g/mol. The molecule has 0 aromatic carbocycles. The third-order valence-corrected chi connectivity index (χ3v) is 3.53. The topological polar surface area (TPSA) is 75.4 Å². The number of alkyl halides is 3. The second-order valence-electron chi connectivity index (χ2n) is 5.10. The van der Waals surface area contributed by atoms with Crippen LogP contribution in [-0.4, -0.2) is 50.0 Å². The SMILES string of the molecule is CN1CCCC(Nc2cc(C(F)(F)F)nc3ncnn23)C1=O. The predicted octanol–water partition coefficient (Wildman–Crippen LogP) is 1.18. The van der Waals surface area contributed by atoms with Gasteiger partial charge in [0, 0.05) is 19.7 Å². The summed E-state index contributed by atoms with van der Waals surface area (Å²) in [7, 11) is 1.66. The van der Waals surface area contributed by atoms with E-state index < -0.39 is 17.9 Å². The smallest absolute Gasteiger partial charge is 0.358 e. The number of likely N-dealkylation sites (N-methyl/N-ethyl adjacent to an activating group) is 1. The van der Waals surface area contributed by atoms with E-state index in [2.05, 4.69) is 20.4 Å². The van der Waals surface area contributed by atoms with E-state index in [9.17, 15) is 18.0 Å². The van der Waals surface area contributed by atoms with Crippen LogP contribution in [-0.2, 0) is 11.0 Å². The molecule has 1 amide bonds. The number of aromatic nitrogens is 4. The maximum atomic E-state index is 12.9. The summed E-state index contributed by atoms with van der Waals surface area (Å²) in [5.74, 6) is -0.290. The first kappa shape index (κ1) is 14.5. The number of carbonyl (C=O) groups is 1. The number of rotatable bonds is 2. The number of nitrogens with zero attached hydrogens (tertiary/aromatic N) is 5. The molecule has 3 rings (SSSR count). The summed E-state index contributed by atoms with van der Waals surface area (Å²) in [5, 5.41) is 6.67. The minimum Gasteiger partial charge on any atom is -0.358 e. The van der Waals surface area contributed by atoms with Gasteiger partial charge in [-0.1, -0.05) is 0 Å². The largest absolute Gasteiger partial charge is 0.433 e. The second-order valence-corrected chi connectivity index (χ2v) is 5.10. The summed E-state index contributed by atoms with van der Waals surface area (Å²) in [6.45, 7) is 0.639. The maximum Gasteiger partial charge on any atom is 0.433 e. The van der Waals surface area contributed by atoms with Crippen molar-refractivity contribution >= 4 is 17.5 Å². The molecule has 0 aliphatic carbocycles. The molecular weight excluding hydrogens is 301 g/mol. The molecule has 1 aliphatic heterocycles. The van der Waals surface area contributed by atoms with E-state index in [1.54, 1.807) is 11.9 Å². The molecule has 0 radical (unpaired) electrons. The lowest BCUT2D eigenvalue weighted by molar-refractivity contribution is -0.141. The first-order valence-corrected chi connectivity index (χ1v) is 6.66. The zero-order valence-corrected chi connectivity index (χ0v) is 11.6. The van der Waals surface area contributed by atoms with Crippen molar-refractivity contribution in [3.05, 3.63) is 18.1 Å². The molecule has 2 aromatic rings. The van der Waals surface area contributed by atoms with Crippen molar-refractivity contribution in [2.75, 3.05) is 18.9 Å². The van der Waals surface area contributed by atoms with Crippen molar-refractivity contribution in [3.63, 3.8) is 0 Å². The van der Waals surface area contributed by atoms with E-state index in [4.69, 9.17) is 0 Å². The molecule has 22 heavy (non-hydrogen) atoms. The van der Waals surface area contributed by atoms with Crippen molar-refractivity contribution in [3.8, 4) is 0 Å². The van der Waals surface area contributed by atoms with E-state index >= 15 is 0 Å². The van der Waals surface area contributed by atoms with Gasteiger partial charge in [-0.2, -0.15) is 27.8 Å². The normalized spacial score (nSPS) is 19.7. The number of halogens is 3. The Morgan fingerprint density at radius 3 is 2.91 bits per heavy atom. The standard InChI is InChI=1S/C12H13F3N6O/c1-20-4-2-3-7(10(20)22)18-9-5-8(12(13,14)15)19-11-16-6-17-21(9)11/h5-7,18H,2-4H2,1H3.